The molecule has 2 heterocycles. The molecule has 1 aromatic carbocycles. The summed E-state index contributed by atoms with van der Waals surface area (Å²) in [6.45, 7) is 3.98. The summed E-state index contributed by atoms with van der Waals surface area (Å²) in [5, 5.41) is 16.5. The Hall–Kier alpha value is -2.28. The average molecular weight is 301 g/mol. The van der Waals surface area contributed by atoms with Crippen LogP contribution in [0.1, 0.15) is 40.4 Å². The molecule has 0 fully saturated rings. The fourth-order valence-electron chi connectivity index (χ4n) is 2.09. The highest BCUT2D eigenvalue weighted by Gasteiger charge is 2.17. The van der Waals surface area contributed by atoms with Gasteiger partial charge in [-0.05, 0) is 31.5 Å². The van der Waals surface area contributed by atoms with E-state index >= 15 is 0 Å². The molecule has 0 bridgehead atoms. The number of aromatic nitrogens is 4. The van der Waals surface area contributed by atoms with Gasteiger partial charge in [0.25, 0.3) is 5.91 Å². The summed E-state index contributed by atoms with van der Waals surface area (Å²) in [7, 11) is 0. The Morgan fingerprint density at radius 3 is 2.90 bits per heavy atom. The number of benzene rings is 1. The number of thiazole rings is 1. The quantitative estimate of drug-likeness (QED) is 0.776. The molecule has 2 aromatic heterocycles. The monoisotopic (exact) mass is 301 g/mol. The van der Waals surface area contributed by atoms with E-state index in [1.807, 2.05) is 19.2 Å². The zero-order valence-electron chi connectivity index (χ0n) is 11.8. The first-order chi connectivity index (χ1) is 10.2. The number of hydrogen-bond acceptors (Lipinski definition) is 5. The summed E-state index contributed by atoms with van der Waals surface area (Å²) in [6, 6.07) is 5.19. The minimum atomic E-state index is -0.125. The van der Waals surface area contributed by atoms with Crippen LogP contribution in [-0.4, -0.2) is 26.3 Å². The summed E-state index contributed by atoms with van der Waals surface area (Å²) in [5.74, 6) is -0.125. The molecule has 3 aromatic rings. The van der Waals surface area contributed by atoms with Crippen LogP contribution >= 0.6 is 11.3 Å². The van der Waals surface area contributed by atoms with E-state index < -0.39 is 0 Å². The SMILES string of the molecule is CCC(NC(=O)c1ccc2n[nH]nc2c1)c1nc(C)cs1. The summed E-state index contributed by atoms with van der Waals surface area (Å²) >= 11 is 1.57. The van der Waals surface area contributed by atoms with Crippen molar-refractivity contribution < 1.29 is 4.79 Å². The van der Waals surface area contributed by atoms with Gasteiger partial charge in [-0.2, -0.15) is 15.4 Å². The number of nitrogens with one attached hydrogen (secondary N) is 2. The smallest absolute Gasteiger partial charge is 0.251 e. The van der Waals surface area contributed by atoms with Crippen molar-refractivity contribution in [2.75, 3.05) is 0 Å². The van der Waals surface area contributed by atoms with E-state index in [9.17, 15) is 4.79 Å². The zero-order valence-corrected chi connectivity index (χ0v) is 12.6. The lowest BCUT2D eigenvalue weighted by Crippen LogP contribution is -2.28. The van der Waals surface area contributed by atoms with Crippen molar-refractivity contribution in [3.63, 3.8) is 0 Å². The van der Waals surface area contributed by atoms with Gasteiger partial charge in [0.15, 0.2) is 0 Å². The first kappa shape index (κ1) is 13.7. The topological polar surface area (TPSA) is 83.6 Å². The van der Waals surface area contributed by atoms with Crippen molar-refractivity contribution in [2.45, 2.75) is 26.3 Å². The molecule has 0 aliphatic rings. The van der Waals surface area contributed by atoms with Gasteiger partial charge in [-0.15, -0.1) is 11.3 Å². The first-order valence-corrected chi connectivity index (χ1v) is 7.58. The van der Waals surface area contributed by atoms with Gasteiger partial charge in [-0.3, -0.25) is 4.79 Å². The van der Waals surface area contributed by atoms with Gasteiger partial charge in [-0.25, -0.2) is 4.98 Å². The number of carbonyl (C=O) groups is 1. The average Bonchev–Trinajstić information content (AvgIpc) is 3.12. The molecule has 1 amide bonds. The third kappa shape index (κ3) is 2.78. The van der Waals surface area contributed by atoms with Crippen LogP contribution in [0.2, 0.25) is 0 Å². The predicted molar refractivity (Wildman–Crippen MR) is 81.2 cm³/mol. The van der Waals surface area contributed by atoms with Crippen LogP contribution in [0.5, 0.6) is 0 Å². The maximum absolute atomic E-state index is 12.4. The van der Waals surface area contributed by atoms with E-state index in [4.69, 9.17) is 0 Å². The second kappa shape index (κ2) is 5.61. The summed E-state index contributed by atoms with van der Waals surface area (Å²) in [4.78, 5) is 16.8. The molecule has 0 aliphatic heterocycles. The van der Waals surface area contributed by atoms with Crippen molar-refractivity contribution in [3.8, 4) is 0 Å². The molecule has 0 radical (unpaired) electrons. The Kier molecular flexibility index (Phi) is 3.66. The van der Waals surface area contributed by atoms with Crippen LogP contribution in [-0.2, 0) is 0 Å². The second-order valence-electron chi connectivity index (χ2n) is 4.79. The number of carbonyl (C=O) groups excluding carboxylic acids is 1. The maximum Gasteiger partial charge on any atom is 0.251 e. The highest BCUT2D eigenvalue weighted by molar-refractivity contribution is 7.09. The molecule has 7 heteroatoms. The molecule has 6 nitrogen and oxygen atoms in total. The Bertz CT molecular complexity index is 778. The molecule has 0 aliphatic carbocycles. The number of fused-ring (bicyclic) bond motifs is 1. The fourth-order valence-corrected chi connectivity index (χ4v) is 3.02. The molecule has 0 spiro atoms. The first-order valence-electron chi connectivity index (χ1n) is 6.71. The number of nitrogens with zero attached hydrogens (tertiary/aromatic N) is 3. The lowest BCUT2D eigenvalue weighted by molar-refractivity contribution is 0.0935. The van der Waals surface area contributed by atoms with E-state index in [2.05, 4.69) is 25.7 Å². The summed E-state index contributed by atoms with van der Waals surface area (Å²) in [6.07, 6.45) is 0.797. The number of aryl methyl sites for hydroxylation is 1. The van der Waals surface area contributed by atoms with Gasteiger partial charge in [-0.1, -0.05) is 6.92 Å². The molecule has 21 heavy (non-hydrogen) atoms. The van der Waals surface area contributed by atoms with Crippen LogP contribution < -0.4 is 5.32 Å². The highest BCUT2D eigenvalue weighted by Crippen LogP contribution is 2.21. The minimum absolute atomic E-state index is 0.0656. The molecular weight excluding hydrogens is 286 g/mol. The standard InChI is InChI=1S/C14H15N5OS/c1-3-10(14-15-8(2)7-21-14)16-13(20)9-4-5-11-12(6-9)18-19-17-11/h4-7,10H,3H2,1-2H3,(H,16,20)(H,17,18,19). The maximum atomic E-state index is 12.4. The van der Waals surface area contributed by atoms with Crippen molar-refractivity contribution >= 4 is 28.3 Å². The molecule has 108 valence electrons. The van der Waals surface area contributed by atoms with Gasteiger partial charge in [0.05, 0.1) is 6.04 Å². The Balaban J connectivity index is 1.80. The molecule has 0 saturated carbocycles. The van der Waals surface area contributed by atoms with Crippen molar-refractivity contribution in [3.05, 3.63) is 39.8 Å². The molecule has 0 saturated heterocycles. The molecule has 1 unspecified atom stereocenters. The van der Waals surface area contributed by atoms with Crippen LogP contribution in [0.15, 0.2) is 23.6 Å². The lowest BCUT2D eigenvalue weighted by Gasteiger charge is -2.14. The molecule has 1 atom stereocenters. The number of H-pyrrole nitrogens is 1. The van der Waals surface area contributed by atoms with Gasteiger partial charge in [0.2, 0.25) is 0 Å². The van der Waals surface area contributed by atoms with Gasteiger partial charge >= 0.3 is 0 Å². The molecule has 2 N–H and O–H groups in total. The second-order valence-corrected chi connectivity index (χ2v) is 5.68. The summed E-state index contributed by atoms with van der Waals surface area (Å²) < 4.78 is 0. The highest BCUT2D eigenvalue weighted by atomic mass is 32.1. The largest absolute Gasteiger partial charge is 0.343 e. The number of amides is 1. The van der Waals surface area contributed by atoms with Crippen LogP contribution in [0.4, 0.5) is 0 Å². The molecular formula is C14H15N5OS. The van der Waals surface area contributed by atoms with Gasteiger partial charge in [0.1, 0.15) is 16.0 Å². The van der Waals surface area contributed by atoms with E-state index in [1.165, 1.54) is 0 Å². The number of rotatable bonds is 4. The Morgan fingerprint density at radius 1 is 1.38 bits per heavy atom. The van der Waals surface area contributed by atoms with Crippen molar-refractivity contribution in [1.82, 2.24) is 25.7 Å². The van der Waals surface area contributed by atoms with Gasteiger partial charge in [0, 0.05) is 16.6 Å². The Morgan fingerprint density at radius 2 is 2.19 bits per heavy atom. The van der Waals surface area contributed by atoms with E-state index in [0.29, 0.717) is 11.1 Å². The third-order valence-electron chi connectivity index (χ3n) is 3.23. The number of hydrogen-bond donors (Lipinski definition) is 2. The van der Waals surface area contributed by atoms with E-state index in [-0.39, 0.29) is 11.9 Å². The number of aromatic amines is 1. The predicted octanol–water partition coefficient (Wildman–Crippen LogP) is 2.60. The zero-order chi connectivity index (χ0) is 14.8. The minimum Gasteiger partial charge on any atom is -0.343 e. The van der Waals surface area contributed by atoms with Crippen molar-refractivity contribution in [2.24, 2.45) is 0 Å². The van der Waals surface area contributed by atoms with Crippen LogP contribution in [0.25, 0.3) is 11.0 Å². The lowest BCUT2D eigenvalue weighted by atomic mass is 10.1. The van der Waals surface area contributed by atoms with Crippen LogP contribution in [0.3, 0.4) is 0 Å². The fraction of sp³-hybridized carbons (Fsp3) is 0.286. The van der Waals surface area contributed by atoms with Gasteiger partial charge < -0.3 is 5.32 Å². The molecule has 3 rings (SSSR count). The third-order valence-corrected chi connectivity index (χ3v) is 4.30. The normalized spacial score (nSPS) is 12.5. The Labute approximate surface area is 125 Å². The van der Waals surface area contributed by atoms with Crippen LogP contribution in [0, 0.1) is 6.92 Å². The van der Waals surface area contributed by atoms with E-state index in [0.717, 1.165) is 22.6 Å². The summed E-state index contributed by atoms with van der Waals surface area (Å²) in [5.41, 5.74) is 2.98. The van der Waals surface area contributed by atoms with E-state index in [1.54, 1.807) is 29.5 Å². The van der Waals surface area contributed by atoms with Crippen molar-refractivity contribution in [1.29, 1.82) is 0 Å².